The van der Waals surface area contributed by atoms with Gasteiger partial charge in [0.25, 0.3) is 0 Å². The minimum Gasteiger partial charge on any atom is -0.496 e. The van der Waals surface area contributed by atoms with Crippen LogP contribution in [0.15, 0.2) is 17.0 Å². The van der Waals surface area contributed by atoms with Crippen LogP contribution in [0.5, 0.6) is 5.75 Å². The summed E-state index contributed by atoms with van der Waals surface area (Å²) in [6.45, 7) is 7.87. The van der Waals surface area contributed by atoms with Crippen molar-refractivity contribution in [2.24, 2.45) is 0 Å². The Morgan fingerprint density at radius 1 is 1.16 bits per heavy atom. The third-order valence-electron chi connectivity index (χ3n) is 3.32. The van der Waals surface area contributed by atoms with Crippen molar-refractivity contribution in [2.45, 2.75) is 33.9 Å². The van der Waals surface area contributed by atoms with Crippen LogP contribution < -0.4 is 10.1 Å². The summed E-state index contributed by atoms with van der Waals surface area (Å²) >= 11 is 1.75. The molecule has 0 fully saturated rings. The summed E-state index contributed by atoms with van der Waals surface area (Å²) in [7, 11) is 1.71. The van der Waals surface area contributed by atoms with Crippen LogP contribution in [0.3, 0.4) is 0 Å². The third kappa shape index (κ3) is 3.14. The largest absolute Gasteiger partial charge is 0.496 e. The van der Waals surface area contributed by atoms with E-state index in [0.29, 0.717) is 0 Å². The molecule has 0 unspecified atom stereocenters. The van der Waals surface area contributed by atoms with Crippen molar-refractivity contribution < 1.29 is 4.74 Å². The van der Waals surface area contributed by atoms with Crippen LogP contribution in [0.4, 0.5) is 0 Å². The molecule has 0 aromatic carbocycles. The molecule has 0 aliphatic rings. The number of aryl methyl sites for hydroxylation is 2. The van der Waals surface area contributed by atoms with E-state index in [2.05, 4.69) is 34.9 Å². The summed E-state index contributed by atoms with van der Waals surface area (Å²) in [5.41, 5.74) is 5.97. The molecule has 102 valence electrons. The number of nitrogens with one attached hydrogen (secondary N) is 1. The van der Waals surface area contributed by atoms with Gasteiger partial charge in [0.05, 0.1) is 12.8 Å². The Hall–Kier alpha value is -1.39. The number of ether oxygens (including phenoxy) is 1. The molecule has 0 amide bonds. The van der Waals surface area contributed by atoms with Crippen molar-refractivity contribution >= 4 is 11.3 Å². The molecule has 0 bridgehead atoms. The minimum atomic E-state index is 0.762. The molecule has 0 saturated carbocycles. The molecule has 2 rings (SSSR count). The Morgan fingerprint density at radius 2 is 1.95 bits per heavy atom. The molecule has 0 spiro atoms. The van der Waals surface area contributed by atoms with E-state index < -0.39 is 0 Å². The number of nitrogens with zero attached hydrogens (tertiary/aromatic N) is 1. The summed E-state index contributed by atoms with van der Waals surface area (Å²) in [5.74, 6) is 0.943. The van der Waals surface area contributed by atoms with Crippen LogP contribution in [0.2, 0.25) is 0 Å². The zero-order valence-electron chi connectivity index (χ0n) is 11.9. The lowest BCUT2D eigenvalue weighted by Crippen LogP contribution is -2.15. The Labute approximate surface area is 118 Å². The molecule has 0 atom stereocenters. The van der Waals surface area contributed by atoms with E-state index in [1.165, 1.54) is 11.1 Å². The van der Waals surface area contributed by atoms with Gasteiger partial charge >= 0.3 is 0 Å². The molecule has 19 heavy (non-hydrogen) atoms. The number of thiophene rings is 1. The molecule has 2 aromatic heterocycles. The molecule has 2 heterocycles. The Bertz CT molecular complexity index is 563. The lowest BCUT2D eigenvalue weighted by atomic mass is 10.1. The average molecular weight is 276 g/mol. The van der Waals surface area contributed by atoms with Crippen LogP contribution >= 0.6 is 11.3 Å². The highest BCUT2D eigenvalue weighted by molar-refractivity contribution is 7.08. The van der Waals surface area contributed by atoms with Crippen LogP contribution in [-0.2, 0) is 13.1 Å². The summed E-state index contributed by atoms with van der Waals surface area (Å²) in [6.07, 6.45) is 1.87. The van der Waals surface area contributed by atoms with Gasteiger partial charge in [-0.25, -0.2) is 0 Å². The maximum Gasteiger partial charge on any atom is 0.128 e. The van der Waals surface area contributed by atoms with Crippen LogP contribution in [0.1, 0.15) is 27.9 Å². The smallest absolute Gasteiger partial charge is 0.128 e. The molecular formula is C15H20N2OS. The zero-order chi connectivity index (χ0) is 13.8. The van der Waals surface area contributed by atoms with Crippen molar-refractivity contribution in [3.8, 4) is 5.75 Å². The average Bonchev–Trinajstić information content (AvgIpc) is 2.79. The maximum atomic E-state index is 5.42. The van der Waals surface area contributed by atoms with Gasteiger partial charge in [0.15, 0.2) is 0 Å². The van der Waals surface area contributed by atoms with Gasteiger partial charge in [-0.15, -0.1) is 0 Å². The van der Waals surface area contributed by atoms with Gasteiger partial charge in [-0.05, 0) is 42.7 Å². The fraction of sp³-hybridized carbons (Fsp3) is 0.400. The van der Waals surface area contributed by atoms with Crippen LogP contribution in [0.25, 0.3) is 0 Å². The highest BCUT2D eigenvalue weighted by Crippen LogP contribution is 2.23. The summed E-state index contributed by atoms with van der Waals surface area (Å²) < 4.78 is 5.42. The van der Waals surface area contributed by atoms with E-state index in [-0.39, 0.29) is 0 Å². The molecular weight excluding hydrogens is 256 g/mol. The summed E-state index contributed by atoms with van der Waals surface area (Å²) in [6, 6.07) is 0. The van der Waals surface area contributed by atoms with Crippen molar-refractivity contribution in [3.05, 3.63) is 44.9 Å². The molecule has 0 aliphatic heterocycles. The second-order valence-electron chi connectivity index (χ2n) is 4.73. The number of methoxy groups -OCH3 is 1. The number of aromatic nitrogens is 1. The molecule has 4 heteroatoms. The van der Waals surface area contributed by atoms with Gasteiger partial charge in [-0.3, -0.25) is 4.98 Å². The molecule has 3 nitrogen and oxygen atoms in total. The van der Waals surface area contributed by atoms with Crippen molar-refractivity contribution in [2.75, 3.05) is 7.11 Å². The molecule has 0 saturated heterocycles. The second-order valence-corrected chi connectivity index (χ2v) is 5.47. The van der Waals surface area contributed by atoms with Crippen LogP contribution in [0, 0.1) is 20.8 Å². The molecule has 0 aliphatic carbocycles. The number of hydrogen-bond donors (Lipinski definition) is 1. The van der Waals surface area contributed by atoms with Gasteiger partial charge in [-0.1, -0.05) is 0 Å². The van der Waals surface area contributed by atoms with E-state index in [1.54, 1.807) is 18.4 Å². The fourth-order valence-electron chi connectivity index (χ4n) is 2.13. The second kappa shape index (κ2) is 6.17. The fourth-order valence-corrected chi connectivity index (χ4v) is 2.99. The van der Waals surface area contributed by atoms with Gasteiger partial charge in [-0.2, -0.15) is 11.3 Å². The minimum absolute atomic E-state index is 0.762. The van der Waals surface area contributed by atoms with E-state index in [4.69, 9.17) is 4.74 Å². The SMILES string of the molecule is COc1c(C)cnc(CNCc2cscc2C)c1C. The quantitative estimate of drug-likeness (QED) is 0.909. The highest BCUT2D eigenvalue weighted by atomic mass is 32.1. The number of hydrogen-bond acceptors (Lipinski definition) is 4. The molecule has 0 radical (unpaired) electrons. The highest BCUT2D eigenvalue weighted by Gasteiger charge is 2.09. The first-order valence-electron chi connectivity index (χ1n) is 6.35. The van der Waals surface area contributed by atoms with Crippen molar-refractivity contribution in [1.82, 2.24) is 10.3 Å². The van der Waals surface area contributed by atoms with E-state index in [9.17, 15) is 0 Å². The Balaban J connectivity index is 2.02. The van der Waals surface area contributed by atoms with Crippen LogP contribution in [-0.4, -0.2) is 12.1 Å². The number of pyridine rings is 1. The first-order chi connectivity index (χ1) is 9.13. The summed E-state index contributed by atoms with van der Waals surface area (Å²) in [5, 5.41) is 7.81. The van der Waals surface area contributed by atoms with E-state index in [1.807, 2.05) is 13.1 Å². The zero-order valence-corrected chi connectivity index (χ0v) is 12.7. The maximum absolute atomic E-state index is 5.42. The predicted molar refractivity (Wildman–Crippen MR) is 79.9 cm³/mol. The van der Waals surface area contributed by atoms with Crippen molar-refractivity contribution in [3.63, 3.8) is 0 Å². The Kier molecular flexibility index (Phi) is 4.56. The molecule has 2 aromatic rings. The van der Waals surface area contributed by atoms with E-state index in [0.717, 1.165) is 35.7 Å². The first-order valence-corrected chi connectivity index (χ1v) is 7.29. The van der Waals surface area contributed by atoms with Gasteiger partial charge < -0.3 is 10.1 Å². The summed E-state index contributed by atoms with van der Waals surface area (Å²) in [4.78, 5) is 4.49. The van der Waals surface area contributed by atoms with E-state index >= 15 is 0 Å². The van der Waals surface area contributed by atoms with Crippen molar-refractivity contribution in [1.29, 1.82) is 0 Å². The monoisotopic (exact) mass is 276 g/mol. The van der Waals surface area contributed by atoms with Gasteiger partial charge in [0.2, 0.25) is 0 Å². The third-order valence-corrected chi connectivity index (χ3v) is 4.23. The Morgan fingerprint density at radius 3 is 2.58 bits per heavy atom. The van der Waals surface area contributed by atoms with Gasteiger partial charge in [0, 0.05) is 30.4 Å². The van der Waals surface area contributed by atoms with Gasteiger partial charge in [0.1, 0.15) is 5.75 Å². The standard InChI is InChI=1S/C15H20N2OS/c1-10-5-17-14(12(3)15(10)18-4)7-16-6-13-9-19-8-11(13)2/h5,8-9,16H,6-7H2,1-4H3. The number of rotatable bonds is 5. The molecule has 1 N–H and O–H groups in total. The topological polar surface area (TPSA) is 34.1 Å². The predicted octanol–water partition coefficient (Wildman–Crippen LogP) is 3.37. The lowest BCUT2D eigenvalue weighted by Gasteiger charge is -2.12. The lowest BCUT2D eigenvalue weighted by molar-refractivity contribution is 0.406. The normalized spacial score (nSPS) is 10.7. The first kappa shape index (κ1) is 14.0.